The minimum Gasteiger partial charge on any atom is -0.491 e. The summed E-state index contributed by atoms with van der Waals surface area (Å²) in [5, 5.41) is 10.7. The lowest BCUT2D eigenvalue weighted by Crippen LogP contribution is -2.38. The molecule has 1 aliphatic carbocycles. The van der Waals surface area contributed by atoms with E-state index in [1.807, 2.05) is 35.2 Å². The van der Waals surface area contributed by atoms with E-state index in [1.165, 1.54) is 12.8 Å². The normalized spacial score (nSPS) is 25.6. The van der Waals surface area contributed by atoms with Gasteiger partial charge in [0.15, 0.2) is 0 Å². The molecule has 1 aromatic carbocycles. The molecule has 2 aliphatic rings. The highest BCUT2D eigenvalue weighted by molar-refractivity contribution is 5.76. The van der Waals surface area contributed by atoms with Crippen LogP contribution in [0.15, 0.2) is 30.3 Å². The molecule has 1 N–H and O–H groups in total. The van der Waals surface area contributed by atoms with Crippen LogP contribution in [0.3, 0.4) is 0 Å². The number of carbonyl (C=O) groups excluding carboxylic acids is 1. The van der Waals surface area contributed by atoms with Gasteiger partial charge in [-0.1, -0.05) is 18.2 Å². The molecule has 1 unspecified atom stereocenters. The molecule has 1 aliphatic heterocycles. The van der Waals surface area contributed by atoms with E-state index in [9.17, 15) is 9.90 Å². The third-order valence-electron chi connectivity index (χ3n) is 4.68. The van der Waals surface area contributed by atoms with Crippen LogP contribution in [-0.2, 0) is 4.79 Å². The Bertz CT molecular complexity index is 500. The van der Waals surface area contributed by atoms with Gasteiger partial charge in [0.2, 0.25) is 5.91 Å². The highest BCUT2D eigenvalue weighted by atomic mass is 16.5. The first-order valence-electron chi connectivity index (χ1n) is 8.33. The predicted octanol–water partition coefficient (Wildman–Crippen LogP) is 2.61. The Hall–Kier alpha value is -1.55. The zero-order chi connectivity index (χ0) is 15.4. The van der Waals surface area contributed by atoms with Crippen LogP contribution >= 0.6 is 0 Å². The summed E-state index contributed by atoms with van der Waals surface area (Å²) in [6.07, 6.45) is 5.22. The zero-order valence-electron chi connectivity index (χ0n) is 13.0. The maximum atomic E-state index is 12.2. The number of nitrogens with zero attached hydrogens (tertiary/aromatic N) is 1. The van der Waals surface area contributed by atoms with Crippen LogP contribution in [0.2, 0.25) is 0 Å². The lowest BCUT2D eigenvalue weighted by molar-refractivity contribution is -0.131. The van der Waals surface area contributed by atoms with Crippen molar-refractivity contribution >= 4 is 5.91 Å². The highest BCUT2D eigenvalue weighted by Crippen LogP contribution is 2.33. The molecular formula is C18H25NO3. The molecule has 1 heterocycles. The number of amides is 1. The molecule has 1 saturated heterocycles. The lowest BCUT2D eigenvalue weighted by Gasteiger charge is -2.27. The molecule has 0 spiro atoms. The van der Waals surface area contributed by atoms with E-state index in [2.05, 4.69) is 0 Å². The molecule has 120 valence electrons. The van der Waals surface area contributed by atoms with E-state index >= 15 is 0 Å². The van der Waals surface area contributed by atoms with Gasteiger partial charge in [-0.3, -0.25) is 4.79 Å². The van der Waals surface area contributed by atoms with Crippen molar-refractivity contribution in [1.82, 2.24) is 4.90 Å². The summed E-state index contributed by atoms with van der Waals surface area (Å²) >= 11 is 0. The molecule has 0 radical (unpaired) electrons. The van der Waals surface area contributed by atoms with Crippen LogP contribution in [0, 0.1) is 5.92 Å². The Labute approximate surface area is 132 Å². The second-order valence-corrected chi connectivity index (χ2v) is 6.71. The standard InChI is InChI=1S/C18H25NO3/c20-17(13-15-7-8-15)19-11-4-9-18(21,10-12-19)14-22-16-5-2-1-3-6-16/h1-3,5-6,15,21H,4,7-14H2. The summed E-state index contributed by atoms with van der Waals surface area (Å²) in [6, 6.07) is 9.57. The van der Waals surface area contributed by atoms with E-state index in [-0.39, 0.29) is 5.91 Å². The third-order valence-corrected chi connectivity index (χ3v) is 4.68. The first-order chi connectivity index (χ1) is 10.6. The van der Waals surface area contributed by atoms with Crippen LogP contribution < -0.4 is 4.74 Å². The van der Waals surface area contributed by atoms with Crippen LogP contribution in [0.1, 0.15) is 38.5 Å². The van der Waals surface area contributed by atoms with Gasteiger partial charge in [0.05, 0.1) is 0 Å². The Morgan fingerprint density at radius 1 is 1.23 bits per heavy atom. The quantitative estimate of drug-likeness (QED) is 0.909. The number of hydrogen-bond donors (Lipinski definition) is 1. The Balaban J connectivity index is 1.50. The number of carbonyl (C=O) groups is 1. The summed E-state index contributed by atoms with van der Waals surface area (Å²) in [5.41, 5.74) is -0.829. The Morgan fingerprint density at radius 2 is 2.00 bits per heavy atom. The molecular weight excluding hydrogens is 278 g/mol. The number of hydrogen-bond acceptors (Lipinski definition) is 3. The minimum absolute atomic E-state index is 0.260. The smallest absolute Gasteiger partial charge is 0.222 e. The maximum Gasteiger partial charge on any atom is 0.222 e. The number of aliphatic hydroxyl groups is 1. The van der Waals surface area contributed by atoms with Crippen molar-refractivity contribution < 1.29 is 14.6 Å². The highest BCUT2D eigenvalue weighted by Gasteiger charge is 2.33. The number of ether oxygens (including phenoxy) is 1. The fraction of sp³-hybridized carbons (Fsp3) is 0.611. The number of rotatable bonds is 5. The van der Waals surface area contributed by atoms with Crippen molar-refractivity contribution in [3.05, 3.63) is 30.3 Å². The molecule has 22 heavy (non-hydrogen) atoms. The maximum absolute atomic E-state index is 12.2. The van der Waals surface area contributed by atoms with Gasteiger partial charge in [0.1, 0.15) is 18.0 Å². The fourth-order valence-corrected chi connectivity index (χ4v) is 3.01. The monoisotopic (exact) mass is 303 g/mol. The summed E-state index contributed by atoms with van der Waals surface area (Å²) in [6.45, 7) is 1.70. The molecule has 1 saturated carbocycles. The van der Waals surface area contributed by atoms with Gasteiger partial charge in [-0.15, -0.1) is 0 Å². The number of likely N-dealkylation sites (tertiary alicyclic amines) is 1. The molecule has 3 rings (SSSR count). The molecule has 4 heteroatoms. The Kier molecular flexibility index (Phi) is 4.67. The van der Waals surface area contributed by atoms with Crippen molar-refractivity contribution in [1.29, 1.82) is 0 Å². The summed E-state index contributed by atoms with van der Waals surface area (Å²) in [4.78, 5) is 14.1. The van der Waals surface area contributed by atoms with Gasteiger partial charge in [-0.05, 0) is 50.2 Å². The fourth-order valence-electron chi connectivity index (χ4n) is 3.01. The lowest BCUT2D eigenvalue weighted by atomic mass is 9.96. The van der Waals surface area contributed by atoms with Gasteiger partial charge in [0, 0.05) is 19.5 Å². The molecule has 1 amide bonds. The number of benzene rings is 1. The van der Waals surface area contributed by atoms with E-state index in [1.54, 1.807) is 0 Å². The predicted molar refractivity (Wildman–Crippen MR) is 84.7 cm³/mol. The summed E-state index contributed by atoms with van der Waals surface area (Å²) in [7, 11) is 0. The van der Waals surface area contributed by atoms with Gasteiger partial charge in [0.25, 0.3) is 0 Å². The third kappa shape index (κ3) is 4.23. The van der Waals surface area contributed by atoms with Crippen molar-refractivity contribution in [2.45, 2.75) is 44.1 Å². The van der Waals surface area contributed by atoms with Crippen molar-refractivity contribution in [2.24, 2.45) is 5.92 Å². The first-order valence-corrected chi connectivity index (χ1v) is 8.33. The van der Waals surface area contributed by atoms with E-state index in [0.717, 1.165) is 18.7 Å². The van der Waals surface area contributed by atoms with E-state index in [4.69, 9.17) is 4.74 Å². The SMILES string of the molecule is O=C(CC1CC1)N1CCCC(O)(COc2ccccc2)CC1. The van der Waals surface area contributed by atoms with Crippen LogP contribution in [0.4, 0.5) is 0 Å². The van der Waals surface area contributed by atoms with Gasteiger partial charge < -0.3 is 14.7 Å². The largest absolute Gasteiger partial charge is 0.491 e. The van der Waals surface area contributed by atoms with Gasteiger partial charge in [-0.2, -0.15) is 0 Å². The van der Waals surface area contributed by atoms with Crippen molar-refractivity contribution in [2.75, 3.05) is 19.7 Å². The Morgan fingerprint density at radius 3 is 2.73 bits per heavy atom. The second-order valence-electron chi connectivity index (χ2n) is 6.71. The summed E-state index contributed by atoms with van der Waals surface area (Å²) < 4.78 is 5.72. The first kappa shape index (κ1) is 15.3. The average molecular weight is 303 g/mol. The number of para-hydroxylation sites is 1. The van der Waals surface area contributed by atoms with E-state index in [0.29, 0.717) is 38.3 Å². The topological polar surface area (TPSA) is 49.8 Å². The van der Waals surface area contributed by atoms with Crippen molar-refractivity contribution in [3.8, 4) is 5.75 Å². The molecule has 0 aromatic heterocycles. The van der Waals surface area contributed by atoms with Crippen LogP contribution in [0.25, 0.3) is 0 Å². The van der Waals surface area contributed by atoms with Crippen molar-refractivity contribution in [3.63, 3.8) is 0 Å². The molecule has 1 atom stereocenters. The molecule has 1 aromatic rings. The average Bonchev–Trinajstić information content (AvgIpc) is 3.34. The van der Waals surface area contributed by atoms with Gasteiger partial charge >= 0.3 is 0 Å². The van der Waals surface area contributed by atoms with Crippen LogP contribution in [0.5, 0.6) is 5.75 Å². The minimum atomic E-state index is -0.829. The van der Waals surface area contributed by atoms with Gasteiger partial charge in [-0.25, -0.2) is 0 Å². The molecule has 2 fully saturated rings. The van der Waals surface area contributed by atoms with E-state index < -0.39 is 5.60 Å². The zero-order valence-corrected chi connectivity index (χ0v) is 13.0. The molecule has 4 nitrogen and oxygen atoms in total. The second kappa shape index (κ2) is 6.69. The van der Waals surface area contributed by atoms with Crippen LogP contribution in [-0.4, -0.2) is 41.2 Å². The summed E-state index contributed by atoms with van der Waals surface area (Å²) in [5.74, 6) is 1.66. The molecule has 0 bridgehead atoms.